The van der Waals surface area contributed by atoms with Crippen LogP contribution in [0.4, 0.5) is 0 Å². The van der Waals surface area contributed by atoms with E-state index in [1.165, 1.54) is 18.5 Å². The lowest BCUT2D eigenvalue weighted by molar-refractivity contribution is 0.0884. The zero-order valence-electron chi connectivity index (χ0n) is 10.1. The molecule has 0 aliphatic heterocycles. The molecule has 1 atom stereocenters. The number of aliphatic hydroxyl groups excluding tert-OH is 1. The second kappa shape index (κ2) is 5.63. The zero-order valence-corrected chi connectivity index (χ0v) is 10.1. The van der Waals surface area contributed by atoms with Gasteiger partial charge in [0.15, 0.2) is 5.43 Å². The monoisotopic (exact) mass is 238 g/mol. The fourth-order valence-corrected chi connectivity index (χ4v) is 1.51. The van der Waals surface area contributed by atoms with Crippen LogP contribution >= 0.6 is 0 Å². The SMILES string of the molecule is CCC(C)(CCO)NC(=O)c1c[nH]ccc1=O. The fourth-order valence-electron chi connectivity index (χ4n) is 1.51. The molecule has 5 nitrogen and oxygen atoms in total. The molecule has 1 unspecified atom stereocenters. The average molecular weight is 238 g/mol. The van der Waals surface area contributed by atoms with Crippen molar-refractivity contribution in [2.45, 2.75) is 32.2 Å². The number of hydrogen-bond donors (Lipinski definition) is 3. The number of pyridine rings is 1. The lowest BCUT2D eigenvalue weighted by Crippen LogP contribution is -2.47. The molecule has 0 bridgehead atoms. The third kappa shape index (κ3) is 3.42. The Morgan fingerprint density at radius 3 is 2.82 bits per heavy atom. The van der Waals surface area contributed by atoms with Crippen molar-refractivity contribution < 1.29 is 9.90 Å². The first-order chi connectivity index (χ1) is 8.02. The van der Waals surface area contributed by atoms with Crippen LogP contribution in [-0.4, -0.2) is 28.1 Å². The molecule has 0 aliphatic rings. The van der Waals surface area contributed by atoms with Crippen LogP contribution in [0, 0.1) is 0 Å². The van der Waals surface area contributed by atoms with Gasteiger partial charge in [-0.05, 0) is 19.8 Å². The van der Waals surface area contributed by atoms with Crippen molar-refractivity contribution in [3.63, 3.8) is 0 Å². The molecule has 0 radical (unpaired) electrons. The van der Waals surface area contributed by atoms with Gasteiger partial charge in [-0.2, -0.15) is 0 Å². The predicted molar refractivity (Wildman–Crippen MR) is 64.9 cm³/mol. The van der Waals surface area contributed by atoms with Gasteiger partial charge in [-0.25, -0.2) is 0 Å². The Morgan fingerprint density at radius 2 is 2.29 bits per heavy atom. The molecule has 1 aromatic rings. The Kier molecular flexibility index (Phi) is 4.45. The topological polar surface area (TPSA) is 82.2 Å². The number of carbonyl (C=O) groups is 1. The first kappa shape index (κ1) is 13.4. The first-order valence-corrected chi connectivity index (χ1v) is 5.63. The third-order valence-electron chi connectivity index (χ3n) is 2.93. The number of H-pyrrole nitrogens is 1. The number of nitrogens with one attached hydrogen (secondary N) is 2. The molecule has 1 amide bonds. The molecular weight excluding hydrogens is 220 g/mol. The molecule has 0 aromatic carbocycles. The van der Waals surface area contributed by atoms with E-state index < -0.39 is 11.4 Å². The summed E-state index contributed by atoms with van der Waals surface area (Å²) in [4.78, 5) is 26.1. The van der Waals surface area contributed by atoms with Gasteiger partial charge in [0.25, 0.3) is 5.91 Å². The Bertz CT molecular complexity index is 441. The van der Waals surface area contributed by atoms with Crippen LogP contribution in [0.25, 0.3) is 0 Å². The molecule has 1 aromatic heterocycles. The van der Waals surface area contributed by atoms with E-state index in [0.717, 1.165) is 0 Å². The number of aromatic amines is 1. The largest absolute Gasteiger partial charge is 0.396 e. The number of aliphatic hydroxyl groups is 1. The number of aromatic nitrogens is 1. The van der Waals surface area contributed by atoms with E-state index >= 15 is 0 Å². The molecule has 17 heavy (non-hydrogen) atoms. The minimum Gasteiger partial charge on any atom is -0.396 e. The van der Waals surface area contributed by atoms with E-state index in [4.69, 9.17) is 5.11 Å². The Balaban J connectivity index is 2.85. The summed E-state index contributed by atoms with van der Waals surface area (Å²) in [6.07, 6.45) is 4.00. The Morgan fingerprint density at radius 1 is 1.59 bits per heavy atom. The molecular formula is C12H18N2O3. The molecule has 0 fully saturated rings. The molecule has 94 valence electrons. The van der Waals surface area contributed by atoms with Gasteiger partial charge in [0.2, 0.25) is 0 Å². The molecule has 3 N–H and O–H groups in total. The maximum absolute atomic E-state index is 11.9. The summed E-state index contributed by atoms with van der Waals surface area (Å²) in [5, 5.41) is 11.7. The van der Waals surface area contributed by atoms with Gasteiger partial charge in [-0.15, -0.1) is 0 Å². The van der Waals surface area contributed by atoms with Crippen LogP contribution in [0.5, 0.6) is 0 Å². The van der Waals surface area contributed by atoms with Crippen LogP contribution in [0.15, 0.2) is 23.3 Å². The summed E-state index contributed by atoms with van der Waals surface area (Å²) < 4.78 is 0. The van der Waals surface area contributed by atoms with E-state index in [9.17, 15) is 9.59 Å². The van der Waals surface area contributed by atoms with E-state index in [2.05, 4.69) is 10.3 Å². The van der Waals surface area contributed by atoms with Crippen LogP contribution in [-0.2, 0) is 0 Å². The van der Waals surface area contributed by atoms with Gasteiger partial charge >= 0.3 is 0 Å². The smallest absolute Gasteiger partial charge is 0.257 e. The Hall–Kier alpha value is -1.62. The van der Waals surface area contributed by atoms with Crippen molar-refractivity contribution in [2.24, 2.45) is 0 Å². The van der Waals surface area contributed by atoms with Crippen molar-refractivity contribution in [2.75, 3.05) is 6.61 Å². The maximum Gasteiger partial charge on any atom is 0.257 e. The maximum atomic E-state index is 11.9. The minimum absolute atomic E-state index is 0.00420. The zero-order chi connectivity index (χ0) is 12.9. The summed E-state index contributed by atoms with van der Waals surface area (Å²) in [5.41, 5.74) is -0.720. The highest BCUT2D eigenvalue weighted by Crippen LogP contribution is 2.14. The molecule has 0 saturated carbocycles. The number of carbonyl (C=O) groups excluding carboxylic acids is 1. The second-order valence-electron chi connectivity index (χ2n) is 4.26. The highest BCUT2D eigenvalue weighted by Gasteiger charge is 2.24. The standard InChI is InChI=1S/C12H18N2O3/c1-3-12(2,5-7-15)14-11(17)9-8-13-6-4-10(9)16/h4,6,8,15H,3,5,7H2,1-2H3,(H,13,16)(H,14,17). The van der Waals surface area contributed by atoms with Crippen LogP contribution in [0.2, 0.25) is 0 Å². The van der Waals surface area contributed by atoms with Crippen LogP contribution in [0.1, 0.15) is 37.0 Å². The van der Waals surface area contributed by atoms with Gasteiger partial charge < -0.3 is 15.4 Å². The molecule has 1 heterocycles. The van der Waals surface area contributed by atoms with Gasteiger partial charge in [-0.1, -0.05) is 6.92 Å². The lowest BCUT2D eigenvalue weighted by atomic mass is 9.94. The van der Waals surface area contributed by atoms with Crippen LogP contribution in [0.3, 0.4) is 0 Å². The highest BCUT2D eigenvalue weighted by atomic mass is 16.3. The van der Waals surface area contributed by atoms with Crippen molar-refractivity contribution >= 4 is 5.91 Å². The highest BCUT2D eigenvalue weighted by molar-refractivity contribution is 5.94. The number of amides is 1. The van der Waals surface area contributed by atoms with Crippen molar-refractivity contribution in [3.05, 3.63) is 34.2 Å². The summed E-state index contributed by atoms with van der Waals surface area (Å²) in [6, 6.07) is 1.31. The second-order valence-corrected chi connectivity index (χ2v) is 4.26. The minimum atomic E-state index is -0.492. The molecule has 0 spiro atoms. The van der Waals surface area contributed by atoms with Crippen LogP contribution < -0.4 is 10.7 Å². The molecule has 0 aliphatic carbocycles. The van der Waals surface area contributed by atoms with E-state index in [1.54, 1.807) is 0 Å². The number of hydrogen-bond acceptors (Lipinski definition) is 3. The van der Waals surface area contributed by atoms with Crippen molar-refractivity contribution in [3.8, 4) is 0 Å². The van der Waals surface area contributed by atoms with Crippen molar-refractivity contribution in [1.29, 1.82) is 0 Å². The number of rotatable bonds is 5. The average Bonchev–Trinajstić information content (AvgIpc) is 2.29. The summed E-state index contributed by atoms with van der Waals surface area (Å²) in [7, 11) is 0. The van der Waals surface area contributed by atoms with Gasteiger partial charge in [0.05, 0.1) is 0 Å². The van der Waals surface area contributed by atoms with E-state index in [1.807, 2.05) is 13.8 Å². The van der Waals surface area contributed by atoms with E-state index in [0.29, 0.717) is 12.8 Å². The third-order valence-corrected chi connectivity index (χ3v) is 2.93. The normalized spacial score (nSPS) is 14.1. The van der Waals surface area contributed by atoms with E-state index in [-0.39, 0.29) is 17.6 Å². The van der Waals surface area contributed by atoms with Gasteiger partial charge in [-0.3, -0.25) is 9.59 Å². The molecule has 1 rings (SSSR count). The summed E-state index contributed by atoms with van der Waals surface area (Å²) in [6.45, 7) is 3.76. The molecule has 0 saturated heterocycles. The van der Waals surface area contributed by atoms with Gasteiger partial charge in [0, 0.05) is 30.6 Å². The summed E-state index contributed by atoms with van der Waals surface area (Å²) >= 11 is 0. The van der Waals surface area contributed by atoms with Gasteiger partial charge in [0.1, 0.15) is 5.56 Å². The molecule has 5 heteroatoms. The fraction of sp³-hybridized carbons (Fsp3) is 0.500. The first-order valence-electron chi connectivity index (χ1n) is 5.63. The quantitative estimate of drug-likeness (QED) is 0.704. The lowest BCUT2D eigenvalue weighted by Gasteiger charge is -2.28. The van der Waals surface area contributed by atoms with Crippen molar-refractivity contribution in [1.82, 2.24) is 10.3 Å². The summed E-state index contributed by atoms with van der Waals surface area (Å²) in [5.74, 6) is -0.412. The Labute approximate surface area is 99.9 Å². The predicted octanol–water partition coefficient (Wildman–Crippen LogP) is 0.656.